The summed E-state index contributed by atoms with van der Waals surface area (Å²) < 4.78 is 11.2. The molecule has 0 aliphatic heterocycles. The van der Waals surface area contributed by atoms with Crippen LogP contribution in [0.1, 0.15) is 31.9 Å². The van der Waals surface area contributed by atoms with E-state index in [2.05, 4.69) is 36.5 Å². The van der Waals surface area contributed by atoms with Gasteiger partial charge in [0, 0.05) is 28.3 Å². The molecule has 16 heavy (non-hydrogen) atoms. The number of hydrogen-bond acceptors (Lipinski definition) is 2. The summed E-state index contributed by atoms with van der Waals surface area (Å²) in [5, 5.41) is 3.72. The van der Waals surface area contributed by atoms with Crippen molar-refractivity contribution in [1.29, 1.82) is 0 Å². The Kier molecular flexibility index (Phi) is 5.71. The van der Waals surface area contributed by atoms with E-state index in [1.54, 1.807) is 6.26 Å². The van der Waals surface area contributed by atoms with Crippen LogP contribution >= 0.6 is 0 Å². The average Bonchev–Trinajstić information content (AvgIpc) is 2.29. The van der Waals surface area contributed by atoms with Crippen LogP contribution in [-0.4, -0.2) is 22.3 Å². The molecule has 0 spiro atoms. The maximum absolute atomic E-state index is 11.2. The zero-order valence-electron chi connectivity index (χ0n) is 10.3. The molecule has 1 rings (SSSR count). The van der Waals surface area contributed by atoms with Crippen LogP contribution in [0.5, 0.6) is 0 Å². The van der Waals surface area contributed by atoms with Gasteiger partial charge in [-0.1, -0.05) is 37.3 Å². The first-order valence-corrected chi connectivity index (χ1v) is 7.34. The largest absolute Gasteiger partial charge is 0.310 e. The molecule has 0 aliphatic rings. The summed E-state index contributed by atoms with van der Waals surface area (Å²) in [6.07, 6.45) is 2.73. The highest BCUT2D eigenvalue weighted by molar-refractivity contribution is 7.84. The monoisotopic (exact) mass is 239 g/mol. The first-order valence-electron chi connectivity index (χ1n) is 5.72. The molecular formula is C13H21NOS. The number of hydrogen-bond donors (Lipinski definition) is 1. The summed E-state index contributed by atoms with van der Waals surface area (Å²) in [7, 11) is -0.710. The van der Waals surface area contributed by atoms with Crippen LogP contribution in [0.25, 0.3) is 0 Å². The van der Waals surface area contributed by atoms with E-state index in [0.29, 0.717) is 6.04 Å². The van der Waals surface area contributed by atoms with Crippen molar-refractivity contribution in [1.82, 2.24) is 5.32 Å². The third-order valence-corrected chi connectivity index (χ3v) is 4.24. The smallest absolute Gasteiger partial charge is 0.0329 e. The van der Waals surface area contributed by atoms with Gasteiger partial charge in [0.25, 0.3) is 0 Å². The lowest BCUT2D eigenvalue weighted by molar-refractivity contribution is 0.554. The second kappa shape index (κ2) is 6.81. The van der Waals surface area contributed by atoms with Crippen LogP contribution in [0.15, 0.2) is 30.3 Å². The lowest BCUT2D eigenvalue weighted by Gasteiger charge is -2.15. The third kappa shape index (κ3) is 4.45. The molecule has 0 aromatic heterocycles. The second-order valence-corrected chi connectivity index (χ2v) is 5.99. The highest BCUT2D eigenvalue weighted by atomic mass is 32.2. The molecule has 0 fully saturated rings. The Morgan fingerprint density at radius 2 is 1.88 bits per heavy atom. The van der Waals surface area contributed by atoms with E-state index in [4.69, 9.17) is 0 Å². The molecule has 90 valence electrons. The first-order chi connectivity index (χ1) is 7.61. The Labute approximate surface area is 101 Å². The fraction of sp³-hybridized carbons (Fsp3) is 0.538. The van der Waals surface area contributed by atoms with Gasteiger partial charge in [0.05, 0.1) is 0 Å². The van der Waals surface area contributed by atoms with Gasteiger partial charge in [-0.25, -0.2) is 0 Å². The predicted molar refractivity (Wildman–Crippen MR) is 71.0 cm³/mol. The molecule has 1 N–H and O–H groups in total. The summed E-state index contributed by atoms with van der Waals surface area (Å²) in [6.45, 7) is 5.10. The van der Waals surface area contributed by atoms with E-state index in [1.165, 1.54) is 5.56 Å². The second-order valence-electron chi connectivity index (χ2n) is 4.18. The van der Waals surface area contributed by atoms with Crippen LogP contribution < -0.4 is 5.32 Å². The molecule has 2 nitrogen and oxygen atoms in total. The standard InChI is InChI=1S/C13H21NOS/c1-11(16(3)15)9-10-14-12(2)13-7-5-4-6-8-13/h4-8,11-12,14H,9-10H2,1-3H3. The summed E-state index contributed by atoms with van der Waals surface area (Å²) in [6, 6.07) is 10.7. The van der Waals surface area contributed by atoms with E-state index in [1.807, 2.05) is 13.0 Å². The molecule has 3 unspecified atom stereocenters. The van der Waals surface area contributed by atoms with E-state index in [9.17, 15) is 4.21 Å². The number of benzene rings is 1. The van der Waals surface area contributed by atoms with E-state index in [0.717, 1.165) is 13.0 Å². The Hall–Kier alpha value is -0.670. The Bertz CT molecular complexity index is 326. The molecule has 0 heterocycles. The van der Waals surface area contributed by atoms with Gasteiger partial charge in [0.2, 0.25) is 0 Å². The van der Waals surface area contributed by atoms with Gasteiger partial charge >= 0.3 is 0 Å². The minimum atomic E-state index is -0.710. The molecule has 0 saturated carbocycles. The van der Waals surface area contributed by atoms with Crippen molar-refractivity contribution >= 4 is 10.8 Å². The molecule has 1 aromatic rings. The van der Waals surface area contributed by atoms with E-state index in [-0.39, 0.29) is 5.25 Å². The van der Waals surface area contributed by atoms with Crippen molar-refractivity contribution in [2.75, 3.05) is 12.8 Å². The minimum absolute atomic E-state index is 0.274. The SMILES string of the molecule is CC(NCCC(C)S(C)=O)c1ccccc1. The van der Waals surface area contributed by atoms with E-state index < -0.39 is 10.8 Å². The fourth-order valence-corrected chi connectivity index (χ4v) is 1.98. The maximum atomic E-state index is 11.2. The highest BCUT2D eigenvalue weighted by Gasteiger charge is 2.07. The lowest BCUT2D eigenvalue weighted by atomic mass is 10.1. The third-order valence-electron chi connectivity index (χ3n) is 2.87. The Morgan fingerprint density at radius 3 is 2.44 bits per heavy atom. The van der Waals surface area contributed by atoms with Crippen molar-refractivity contribution < 1.29 is 4.21 Å². The predicted octanol–water partition coefficient (Wildman–Crippen LogP) is 2.49. The summed E-state index contributed by atoms with van der Waals surface area (Å²) in [5.41, 5.74) is 1.30. The number of nitrogens with one attached hydrogen (secondary N) is 1. The van der Waals surface area contributed by atoms with Gasteiger partial charge in [-0.15, -0.1) is 0 Å². The summed E-state index contributed by atoms with van der Waals surface area (Å²) in [4.78, 5) is 0. The van der Waals surface area contributed by atoms with Gasteiger partial charge in [-0.2, -0.15) is 0 Å². The van der Waals surface area contributed by atoms with Crippen LogP contribution in [0.2, 0.25) is 0 Å². The quantitative estimate of drug-likeness (QED) is 0.826. The van der Waals surface area contributed by atoms with Gasteiger partial charge in [0.1, 0.15) is 0 Å². The van der Waals surface area contributed by atoms with Crippen LogP contribution in [0, 0.1) is 0 Å². The zero-order valence-corrected chi connectivity index (χ0v) is 11.1. The molecule has 0 saturated heterocycles. The minimum Gasteiger partial charge on any atom is -0.310 e. The van der Waals surface area contributed by atoms with Crippen LogP contribution in [0.4, 0.5) is 0 Å². The molecule has 0 aliphatic carbocycles. The normalized spacial score (nSPS) is 16.7. The molecule has 0 amide bonds. The van der Waals surface area contributed by atoms with Crippen LogP contribution in [-0.2, 0) is 10.8 Å². The Morgan fingerprint density at radius 1 is 1.25 bits per heavy atom. The van der Waals surface area contributed by atoms with Crippen LogP contribution in [0.3, 0.4) is 0 Å². The van der Waals surface area contributed by atoms with Crippen molar-refractivity contribution in [3.63, 3.8) is 0 Å². The van der Waals surface area contributed by atoms with E-state index >= 15 is 0 Å². The average molecular weight is 239 g/mol. The Balaban J connectivity index is 2.31. The summed E-state index contributed by atoms with van der Waals surface area (Å²) >= 11 is 0. The molecule has 3 atom stereocenters. The molecule has 0 bridgehead atoms. The van der Waals surface area contributed by atoms with Gasteiger partial charge in [0.15, 0.2) is 0 Å². The summed E-state index contributed by atoms with van der Waals surface area (Å²) in [5.74, 6) is 0. The van der Waals surface area contributed by atoms with Crippen molar-refractivity contribution in [2.24, 2.45) is 0 Å². The van der Waals surface area contributed by atoms with Gasteiger partial charge < -0.3 is 5.32 Å². The molecule has 0 radical (unpaired) electrons. The molecular weight excluding hydrogens is 218 g/mol. The lowest BCUT2D eigenvalue weighted by Crippen LogP contribution is -2.24. The first kappa shape index (κ1) is 13.4. The number of rotatable bonds is 6. The zero-order chi connectivity index (χ0) is 12.0. The fourth-order valence-electron chi connectivity index (χ4n) is 1.53. The highest BCUT2D eigenvalue weighted by Crippen LogP contribution is 2.11. The van der Waals surface area contributed by atoms with Crippen molar-refractivity contribution in [3.8, 4) is 0 Å². The van der Waals surface area contributed by atoms with Crippen molar-refractivity contribution in [2.45, 2.75) is 31.6 Å². The molecule has 3 heteroatoms. The van der Waals surface area contributed by atoms with Gasteiger partial charge in [-0.3, -0.25) is 4.21 Å². The topological polar surface area (TPSA) is 29.1 Å². The van der Waals surface area contributed by atoms with Crippen molar-refractivity contribution in [3.05, 3.63) is 35.9 Å². The van der Waals surface area contributed by atoms with Gasteiger partial charge in [-0.05, 0) is 25.5 Å². The maximum Gasteiger partial charge on any atom is 0.0329 e. The molecule has 1 aromatic carbocycles.